The third kappa shape index (κ3) is 3.06. The third-order valence-electron chi connectivity index (χ3n) is 4.90. The van der Waals surface area contributed by atoms with Gasteiger partial charge in [-0.3, -0.25) is 19.3 Å². The summed E-state index contributed by atoms with van der Waals surface area (Å²) in [6.07, 6.45) is 1.66. The fourth-order valence-electron chi connectivity index (χ4n) is 3.45. The van der Waals surface area contributed by atoms with Crippen LogP contribution in [0.2, 0.25) is 0 Å². The first kappa shape index (κ1) is 16.6. The Morgan fingerprint density at radius 1 is 1.04 bits per heavy atom. The van der Waals surface area contributed by atoms with E-state index in [-0.39, 0.29) is 23.6 Å². The molecule has 0 unspecified atom stereocenters. The molecular weight excluding hydrogens is 306 g/mol. The Morgan fingerprint density at radius 2 is 1.58 bits per heavy atom. The van der Waals surface area contributed by atoms with E-state index in [0.29, 0.717) is 24.2 Å². The van der Waals surface area contributed by atoms with Gasteiger partial charge in [-0.1, -0.05) is 12.1 Å². The molecule has 3 rings (SSSR count). The van der Waals surface area contributed by atoms with Crippen LogP contribution in [0.5, 0.6) is 0 Å². The van der Waals surface area contributed by atoms with Crippen molar-refractivity contribution in [2.24, 2.45) is 5.92 Å². The van der Waals surface area contributed by atoms with Crippen LogP contribution in [0.3, 0.4) is 0 Å². The van der Waals surface area contributed by atoms with Gasteiger partial charge in [-0.05, 0) is 38.1 Å². The minimum atomic E-state index is -0.201. The molecule has 2 aliphatic rings. The van der Waals surface area contributed by atoms with E-state index in [4.69, 9.17) is 0 Å². The number of nitrogens with zero attached hydrogens (tertiary/aromatic N) is 3. The molecule has 0 atom stereocenters. The summed E-state index contributed by atoms with van der Waals surface area (Å²) in [5.41, 5.74) is 0.996. The maximum atomic E-state index is 12.3. The molecule has 1 aromatic rings. The fraction of sp³-hybridized carbons (Fsp3) is 0.500. The van der Waals surface area contributed by atoms with Gasteiger partial charge in [0.1, 0.15) is 0 Å². The summed E-state index contributed by atoms with van der Waals surface area (Å²) in [7, 11) is 3.58. The van der Waals surface area contributed by atoms with Crippen LogP contribution < -0.4 is 0 Å². The number of likely N-dealkylation sites (tertiary alicyclic amines) is 1. The molecule has 0 saturated carbocycles. The summed E-state index contributed by atoms with van der Waals surface area (Å²) in [5, 5.41) is 0. The Morgan fingerprint density at radius 3 is 2.08 bits per heavy atom. The van der Waals surface area contributed by atoms with Crippen LogP contribution in [0.15, 0.2) is 24.3 Å². The number of hydrogen-bond donors (Lipinski definition) is 0. The quantitative estimate of drug-likeness (QED) is 0.776. The van der Waals surface area contributed by atoms with Crippen molar-refractivity contribution in [2.75, 3.05) is 40.3 Å². The van der Waals surface area contributed by atoms with E-state index >= 15 is 0 Å². The van der Waals surface area contributed by atoms with Gasteiger partial charge in [-0.25, -0.2) is 0 Å². The first-order valence-corrected chi connectivity index (χ1v) is 8.38. The highest BCUT2D eigenvalue weighted by Crippen LogP contribution is 2.23. The monoisotopic (exact) mass is 329 g/mol. The minimum Gasteiger partial charge on any atom is -0.349 e. The van der Waals surface area contributed by atoms with Gasteiger partial charge in [-0.15, -0.1) is 0 Å². The van der Waals surface area contributed by atoms with Crippen LogP contribution in [-0.4, -0.2) is 72.7 Å². The Kier molecular flexibility index (Phi) is 4.66. The summed E-state index contributed by atoms with van der Waals surface area (Å²) in [4.78, 5) is 41.9. The number of hydrogen-bond acceptors (Lipinski definition) is 4. The Hall–Kier alpha value is -2.21. The van der Waals surface area contributed by atoms with E-state index < -0.39 is 0 Å². The van der Waals surface area contributed by atoms with Crippen molar-refractivity contribution >= 4 is 17.7 Å². The van der Waals surface area contributed by atoms with E-state index in [1.54, 1.807) is 43.3 Å². The highest BCUT2D eigenvalue weighted by molar-refractivity contribution is 6.21. The molecule has 0 N–H and O–H groups in total. The van der Waals surface area contributed by atoms with Gasteiger partial charge in [0.25, 0.3) is 11.8 Å². The average molecular weight is 329 g/mol. The van der Waals surface area contributed by atoms with E-state index in [2.05, 4.69) is 4.90 Å². The average Bonchev–Trinajstić information content (AvgIpc) is 2.84. The highest BCUT2D eigenvalue weighted by Gasteiger charge is 2.35. The topological polar surface area (TPSA) is 60.9 Å². The van der Waals surface area contributed by atoms with E-state index in [1.807, 2.05) is 0 Å². The SMILES string of the molecule is CN(C)C(=O)C1CCN(CCN2C(=O)c3ccccc3C2=O)CC1. The number of amides is 3. The number of imide groups is 1. The van der Waals surface area contributed by atoms with Crippen molar-refractivity contribution in [1.82, 2.24) is 14.7 Å². The van der Waals surface area contributed by atoms with Crippen molar-refractivity contribution in [3.05, 3.63) is 35.4 Å². The zero-order chi connectivity index (χ0) is 17.3. The molecule has 3 amide bonds. The smallest absolute Gasteiger partial charge is 0.261 e. The fourth-order valence-corrected chi connectivity index (χ4v) is 3.45. The maximum absolute atomic E-state index is 12.3. The lowest BCUT2D eigenvalue weighted by atomic mass is 9.95. The van der Waals surface area contributed by atoms with Crippen LogP contribution >= 0.6 is 0 Å². The molecule has 1 fully saturated rings. The van der Waals surface area contributed by atoms with Gasteiger partial charge in [-0.2, -0.15) is 0 Å². The molecule has 6 heteroatoms. The number of carbonyl (C=O) groups excluding carboxylic acids is 3. The lowest BCUT2D eigenvalue weighted by Gasteiger charge is -2.33. The zero-order valence-electron chi connectivity index (χ0n) is 14.2. The molecule has 0 radical (unpaired) electrons. The number of rotatable bonds is 4. The molecule has 0 spiro atoms. The van der Waals surface area contributed by atoms with Crippen LogP contribution in [0, 0.1) is 5.92 Å². The summed E-state index contributed by atoms with van der Waals surface area (Å²) < 4.78 is 0. The molecule has 0 bridgehead atoms. The first-order valence-electron chi connectivity index (χ1n) is 8.38. The molecular formula is C18H23N3O3. The molecule has 0 aromatic heterocycles. The van der Waals surface area contributed by atoms with Crippen LogP contribution in [0.4, 0.5) is 0 Å². The normalized spacial score (nSPS) is 18.8. The van der Waals surface area contributed by atoms with Gasteiger partial charge in [0.2, 0.25) is 5.91 Å². The largest absolute Gasteiger partial charge is 0.349 e. The number of piperidine rings is 1. The van der Waals surface area contributed by atoms with Crippen LogP contribution in [0.1, 0.15) is 33.6 Å². The number of carbonyl (C=O) groups is 3. The lowest BCUT2D eigenvalue weighted by molar-refractivity contribution is -0.134. The summed E-state index contributed by atoms with van der Waals surface area (Å²) in [6.45, 7) is 2.72. The van der Waals surface area contributed by atoms with Gasteiger partial charge in [0, 0.05) is 33.1 Å². The van der Waals surface area contributed by atoms with E-state index in [1.165, 1.54) is 4.90 Å². The Bertz CT molecular complexity index is 628. The van der Waals surface area contributed by atoms with Crippen molar-refractivity contribution in [2.45, 2.75) is 12.8 Å². The van der Waals surface area contributed by atoms with Gasteiger partial charge in [0.15, 0.2) is 0 Å². The lowest BCUT2D eigenvalue weighted by Crippen LogP contribution is -2.44. The molecule has 2 heterocycles. The molecule has 24 heavy (non-hydrogen) atoms. The molecule has 2 aliphatic heterocycles. The first-order chi connectivity index (χ1) is 11.5. The highest BCUT2D eigenvalue weighted by atomic mass is 16.2. The van der Waals surface area contributed by atoms with Crippen LogP contribution in [0.25, 0.3) is 0 Å². The minimum absolute atomic E-state index is 0.0931. The summed E-state index contributed by atoms with van der Waals surface area (Å²) >= 11 is 0. The van der Waals surface area contributed by atoms with Crippen molar-refractivity contribution in [3.8, 4) is 0 Å². The van der Waals surface area contributed by atoms with Gasteiger partial charge >= 0.3 is 0 Å². The molecule has 1 aromatic carbocycles. The summed E-state index contributed by atoms with van der Waals surface area (Å²) in [6, 6.07) is 6.96. The molecule has 6 nitrogen and oxygen atoms in total. The van der Waals surface area contributed by atoms with Crippen molar-refractivity contribution in [3.63, 3.8) is 0 Å². The second kappa shape index (κ2) is 6.73. The predicted octanol–water partition coefficient (Wildman–Crippen LogP) is 1.08. The number of fused-ring (bicyclic) bond motifs is 1. The maximum Gasteiger partial charge on any atom is 0.261 e. The Balaban J connectivity index is 1.52. The van der Waals surface area contributed by atoms with Crippen molar-refractivity contribution < 1.29 is 14.4 Å². The third-order valence-corrected chi connectivity index (χ3v) is 4.90. The van der Waals surface area contributed by atoms with Gasteiger partial charge < -0.3 is 9.80 Å². The number of benzene rings is 1. The van der Waals surface area contributed by atoms with Crippen molar-refractivity contribution in [1.29, 1.82) is 0 Å². The Labute approximate surface area is 142 Å². The predicted molar refractivity (Wildman–Crippen MR) is 89.7 cm³/mol. The second-order valence-electron chi connectivity index (χ2n) is 6.66. The zero-order valence-corrected chi connectivity index (χ0v) is 14.2. The van der Waals surface area contributed by atoms with E-state index in [0.717, 1.165) is 25.9 Å². The molecule has 128 valence electrons. The summed E-state index contributed by atoms with van der Waals surface area (Å²) in [5.74, 6) is -0.118. The standard InChI is InChI=1S/C18H23N3O3/c1-19(2)16(22)13-7-9-20(10-8-13)11-12-21-17(23)14-5-3-4-6-15(14)18(21)24/h3-6,13H,7-12H2,1-2H3. The molecule has 1 saturated heterocycles. The second-order valence-corrected chi connectivity index (χ2v) is 6.66. The molecule has 0 aliphatic carbocycles. The van der Waals surface area contributed by atoms with Gasteiger partial charge in [0.05, 0.1) is 11.1 Å². The van der Waals surface area contributed by atoms with E-state index in [9.17, 15) is 14.4 Å². The van der Waals surface area contributed by atoms with Crippen LogP contribution in [-0.2, 0) is 4.79 Å².